The van der Waals surface area contributed by atoms with Crippen molar-refractivity contribution in [2.75, 3.05) is 6.61 Å². The number of rotatable bonds is 7. The number of hydrogen-bond donors (Lipinski definition) is 0. The SMILES string of the molecule is CCOC(=O)c1cc(CCCC(=O)c2ccc(F)cc2)on1. The predicted molar refractivity (Wildman–Crippen MR) is 76.1 cm³/mol. The van der Waals surface area contributed by atoms with Gasteiger partial charge in [0.25, 0.3) is 0 Å². The zero-order chi connectivity index (χ0) is 15.9. The maximum absolute atomic E-state index is 12.8. The average molecular weight is 305 g/mol. The molecule has 5 nitrogen and oxygen atoms in total. The van der Waals surface area contributed by atoms with Crippen LogP contribution in [0.15, 0.2) is 34.9 Å². The maximum Gasteiger partial charge on any atom is 0.360 e. The number of aromatic nitrogens is 1. The third-order valence-corrected chi connectivity index (χ3v) is 3.04. The van der Waals surface area contributed by atoms with Gasteiger partial charge in [0.15, 0.2) is 11.5 Å². The number of benzene rings is 1. The maximum atomic E-state index is 12.8. The van der Waals surface area contributed by atoms with Crippen molar-refractivity contribution in [1.29, 1.82) is 0 Å². The van der Waals surface area contributed by atoms with E-state index in [0.717, 1.165) is 0 Å². The molecule has 0 aliphatic heterocycles. The monoisotopic (exact) mass is 305 g/mol. The molecule has 2 rings (SSSR count). The van der Waals surface area contributed by atoms with E-state index in [2.05, 4.69) is 5.16 Å². The Kier molecular flexibility index (Phi) is 5.41. The van der Waals surface area contributed by atoms with Gasteiger partial charge in [0, 0.05) is 24.5 Å². The van der Waals surface area contributed by atoms with E-state index in [-0.39, 0.29) is 23.9 Å². The highest BCUT2D eigenvalue weighted by atomic mass is 19.1. The van der Waals surface area contributed by atoms with Gasteiger partial charge in [0.05, 0.1) is 6.61 Å². The molecule has 2 aromatic rings. The van der Waals surface area contributed by atoms with Gasteiger partial charge in [-0.3, -0.25) is 4.79 Å². The number of ketones is 1. The molecule has 6 heteroatoms. The number of hydrogen-bond acceptors (Lipinski definition) is 5. The Balaban J connectivity index is 1.82. The van der Waals surface area contributed by atoms with Crippen LogP contribution in [0.1, 0.15) is 46.4 Å². The zero-order valence-corrected chi connectivity index (χ0v) is 12.2. The van der Waals surface area contributed by atoms with E-state index in [0.29, 0.717) is 30.6 Å². The first-order chi connectivity index (χ1) is 10.6. The highest BCUT2D eigenvalue weighted by molar-refractivity contribution is 5.95. The standard InChI is InChI=1S/C16H16FNO4/c1-2-21-16(20)14-10-13(22-18-14)4-3-5-15(19)11-6-8-12(17)9-7-11/h6-10H,2-5H2,1H3. The first-order valence-corrected chi connectivity index (χ1v) is 7.01. The molecule has 0 aliphatic rings. The van der Waals surface area contributed by atoms with Crippen LogP contribution in [0.2, 0.25) is 0 Å². The number of esters is 1. The molecular formula is C16H16FNO4. The molecule has 0 fully saturated rings. The molecule has 0 spiro atoms. The fourth-order valence-electron chi connectivity index (χ4n) is 1.94. The van der Waals surface area contributed by atoms with Gasteiger partial charge in [-0.05, 0) is 37.6 Å². The first kappa shape index (κ1) is 15.9. The van der Waals surface area contributed by atoms with Crippen molar-refractivity contribution in [2.45, 2.75) is 26.2 Å². The summed E-state index contributed by atoms with van der Waals surface area (Å²) in [5, 5.41) is 3.62. The van der Waals surface area contributed by atoms with Gasteiger partial charge in [0.1, 0.15) is 11.6 Å². The molecule has 0 amide bonds. The topological polar surface area (TPSA) is 69.4 Å². The molecule has 0 N–H and O–H groups in total. The van der Waals surface area contributed by atoms with E-state index in [4.69, 9.17) is 9.26 Å². The van der Waals surface area contributed by atoms with Crippen molar-refractivity contribution >= 4 is 11.8 Å². The molecule has 0 saturated heterocycles. The summed E-state index contributed by atoms with van der Waals surface area (Å²) in [6, 6.07) is 6.96. The predicted octanol–water partition coefficient (Wildman–Crippen LogP) is 3.20. The quantitative estimate of drug-likeness (QED) is 0.580. The summed E-state index contributed by atoms with van der Waals surface area (Å²) in [5.74, 6) is -0.440. The zero-order valence-electron chi connectivity index (χ0n) is 12.2. The minimum Gasteiger partial charge on any atom is -0.461 e. The van der Waals surface area contributed by atoms with Crippen molar-refractivity contribution in [2.24, 2.45) is 0 Å². The Hall–Kier alpha value is -2.50. The van der Waals surface area contributed by atoms with Crippen LogP contribution in [-0.2, 0) is 11.2 Å². The largest absolute Gasteiger partial charge is 0.461 e. The van der Waals surface area contributed by atoms with Gasteiger partial charge in [-0.2, -0.15) is 0 Å². The molecular weight excluding hydrogens is 289 g/mol. The van der Waals surface area contributed by atoms with Crippen LogP contribution >= 0.6 is 0 Å². The van der Waals surface area contributed by atoms with Gasteiger partial charge in [-0.1, -0.05) is 5.16 Å². The number of nitrogens with zero attached hydrogens (tertiary/aromatic N) is 1. The molecule has 0 radical (unpaired) electrons. The lowest BCUT2D eigenvalue weighted by Crippen LogP contribution is -2.04. The number of Topliss-reactive ketones (excluding diaryl/α,β-unsaturated/α-hetero) is 1. The Labute approximate surface area is 127 Å². The fraction of sp³-hybridized carbons (Fsp3) is 0.312. The van der Waals surface area contributed by atoms with Crippen molar-refractivity contribution in [3.8, 4) is 0 Å². The molecule has 0 aliphatic carbocycles. The van der Waals surface area contributed by atoms with Crippen LogP contribution in [0, 0.1) is 5.82 Å². The van der Waals surface area contributed by atoms with E-state index in [1.165, 1.54) is 30.3 Å². The van der Waals surface area contributed by atoms with Crippen LogP contribution in [0.5, 0.6) is 0 Å². The highest BCUT2D eigenvalue weighted by Gasteiger charge is 2.14. The van der Waals surface area contributed by atoms with Gasteiger partial charge in [-0.15, -0.1) is 0 Å². The lowest BCUT2D eigenvalue weighted by molar-refractivity contribution is 0.0514. The second-order valence-electron chi connectivity index (χ2n) is 4.68. The summed E-state index contributed by atoms with van der Waals surface area (Å²) >= 11 is 0. The molecule has 0 bridgehead atoms. The van der Waals surface area contributed by atoms with Crippen molar-refractivity contribution in [1.82, 2.24) is 5.16 Å². The Morgan fingerprint density at radius 1 is 1.27 bits per heavy atom. The molecule has 1 aromatic heterocycles. The smallest absolute Gasteiger partial charge is 0.360 e. The van der Waals surface area contributed by atoms with Crippen LogP contribution < -0.4 is 0 Å². The Morgan fingerprint density at radius 2 is 2.00 bits per heavy atom. The first-order valence-electron chi connectivity index (χ1n) is 7.01. The minimum atomic E-state index is -0.528. The van der Waals surface area contributed by atoms with Crippen LogP contribution in [0.25, 0.3) is 0 Å². The molecule has 0 atom stereocenters. The normalized spacial score (nSPS) is 10.5. The second kappa shape index (κ2) is 7.49. The van der Waals surface area contributed by atoms with Gasteiger partial charge in [0.2, 0.25) is 0 Å². The van der Waals surface area contributed by atoms with Crippen LogP contribution in [0.4, 0.5) is 4.39 Å². The van der Waals surface area contributed by atoms with Gasteiger partial charge < -0.3 is 9.26 Å². The third-order valence-electron chi connectivity index (χ3n) is 3.04. The van der Waals surface area contributed by atoms with Crippen molar-refractivity contribution < 1.29 is 23.2 Å². The number of ether oxygens (including phenoxy) is 1. The van der Waals surface area contributed by atoms with Crippen LogP contribution in [-0.4, -0.2) is 23.5 Å². The fourth-order valence-corrected chi connectivity index (χ4v) is 1.94. The summed E-state index contributed by atoms with van der Waals surface area (Å²) in [7, 11) is 0. The number of halogens is 1. The van der Waals surface area contributed by atoms with Crippen molar-refractivity contribution in [3.05, 3.63) is 53.2 Å². The minimum absolute atomic E-state index is 0.0647. The summed E-state index contributed by atoms with van der Waals surface area (Å²) in [4.78, 5) is 23.3. The number of carbonyl (C=O) groups is 2. The molecule has 22 heavy (non-hydrogen) atoms. The molecule has 1 aromatic carbocycles. The molecule has 0 saturated carbocycles. The summed E-state index contributed by atoms with van der Waals surface area (Å²) in [6.45, 7) is 1.98. The molecule has 0 unspecified atom stereocenters. The van der Waals surface area contributed by atoms with E-state index in [1.54, 1.807) is 6.92 Å². The van der Waals surface area contributed by atoms with Crippen molar-refractivity contribution in [3.63, 3.8) is 0 Å². The molecule has 116 valence electrons. The second-order valence-corrected chi connectivity index (χ2v) is 4.68. The van der Waals surface area contributed by atoms with Gasteiger partial charge >= 0.3 is 5.97 Å². The average Bonchev–Trinajstić information content (AvgIpc) is 2.97. The number of carbonyl (C=O) groups excluding carboxylic acids is 2. The Bertz CT molecular complexity index is 648. The molecule has 1 heterocycles. The van der Waals surface area contributed by atoms with E-state index >= 15 is 0 Å². The van der Waals surface area contributed by atoms with E-state index in [9.17, 15) is 14.0 Å². The van der Waals surface area contributed by atoms with E-state index < -0.39 is 5.97 Å². The summed E-state index contributed by atoms with van der Waals surface area (Å²) in [5.41, 5.74) is 0.605. The van der Waals surface area contributed by atoms with Crippen LogP contribution in [0.3, 0.4) is 0 Å². The lowest BCUT2D eigenvalue weighted by atomic mass is 10.0. The van der Waals surface area contributed by atoms with E-state index in [1.807, 2.05) is 0 Å². The number of aryl methyl sites for hydroxylation is 1. The summed E-state index contributed by atoms with van der Waals surface area (Å²) < 4.78 is 22.6. The highest BCUT2D eigenvalue weighted by Crippen LogP contribution is 2.12. The van der Waals surface area contributed by atoms with Gasteiger partial charge in [-0.25, -0.2) is 9.18 Å². The summed E-state index contributed by atoms with van der Waals surface area (Å²) in [6.07, 6.45) is 1.34. The third kappa shape index (κ3) is 4.25. The lowest BCUT2D eigenvalue weighted by Gasteiger charge is -2.00. The Morgan fingerprint density at radius 3 is 2.68 bits per heavy atom.